The average Bonchev–Trinajstić information content (AvgIpc) is 2.76. The Labute approximate surface area is 226 Å². The van der Waals surface area contributed by atoms with E-state index in [-0.39, 0.29) is 42.2 Å². The number of amides is 3. The number of halogens is 3. The number of allylic oxidation sites excluding steroid dienone is 1. The van der Waals surface area contributed by atoms with Crippen LogP contribution in [0.2, 0.25) is 0 Å². The van der Waals surface area contributed by atoms with Crippen molar-refractivity contribution >= 4 is 91.2 Å². The van der Waals surface area contributed by atoms with Crippen LogP contribution in [0.4, 0.5) is 5.69 Å². The summed E-state index contributed by atoms with van der Waals surface area (Å²) in [5, 5.41) is 44.7. The van der Waals surface area contributed by atoms with Gasteiger partial charge in [-0.15, -0.1) is 6.58 Å². The van der Waals surface area contributed by atoms with E-state index in [0.717, 1.165) is 0 Å². The molecule has 0 aromatic heterocycles. The monoisotopic (exact) mass is 787 g/mol. The number of hydrogen-bond acceptors (Lipinski definition) is 7. The molecule has 10 nitrogen and oxygen atoms in total. The van der Waals surface area contributed by atoms with Crippen molar-refractivity contribution in [1.82, 2.24) is 10.6 Å². The maximum Gasteiger partial charge on any atom is 0.253 e. The van der Waals surface area contributed by atoms with Gasteiger partial charge in [0.1, 0.15) is 0 Å². The van der Waals surface area contributed by atoms with Crippen molar-refractivity contribution in [2.75, 3.05) is 31.6 Å². The number of aliphatic hydroxyl groups is 4. The second kappa shape index (κ2) is 14.6. The fourth-order valence-electron chi connectivity index (χ4n) is 2.33. The maximum atomic E-state index is 12.9. The molecule has 1 rings (SSSR count). The van der Waals surface area contributed by atoms with Crippen LogP contribution in [-0.2, 0) is 4.79 Å². The zero-order valence-corrected chi connectivity index (χ0v) is 23.3. The molecule has 0 radical (unpaired) electrons. The molecule has 0 fully saturated rings. The van der Waals surface area contributed by atoms with Gasteiger partial charge in [-0.05, 0) is 74.2 Å². The molecule has 0 saturated carbocycles. The van der Waals surface area contributed by atoms with Crippen LogP contribution in [0.25, 0.3) is 0 Å². The quantitative estimate of drug-likeness (QED) is 0.120. The molecule has 3 amide bonds. The first-order valence-electron chi connectivity index (χ1n) is 9.34. The van der Waals surface area contributed by atoms with Crippen molar-refractivity contribution in [2.24, 2.45) is 0 Å². The molecule has 0 aliphatic heterocycles. The van der Waals surface area contributed by atoms with Crippen molar-refractivity contribution in [3.63, 3.8) is 0 Å². The van der Waals surface area contributed by atoms with E-state index in [4.69, 9.17) is 10.2 Å². The van der Waals surface area contributed by atoms with E-state index < -0.39 is 37.2 Å². The normalized spacial score (nSPS) is 12.6. The first kappa shape index (κ1) is 29.4. The number of hydrogen-bond donors (Lipinski definition) is 7. The Hall–Kier alpha value is -0.600. The SMILES string of the molecule is C=CCCC(=O)Nc1c(I)c(C(=O)NCC(O)CO)c(I)c(C(=O)NCC(O)CO)c1I. The summed E-state index contributed by atoms with van der Waals surface area (Å²) < 4.78 is 1.09. The van der Waals surface area contributed by atoms with E-state index in [1.165, 1.54) is 0 Å². The minimum atomic E-state index is -1.15. The smallest absolute Gasteiger partial charge is 0.253 e. The van der Waals surface area contributed by atoms with Crippen LogP contribution >= 0.6 is 67.8 Å². The molecule has 0 aliphatic carbocycles. The molecule has 7 N–H and O–H groups in total. The molecular weight excluding hydrogens is 763 g/mol. The molecule has 0 saturated heterocycles. The van der Waals surface area contributed by atoms with E-state index in [0.29, 0.717) is 17.1 Å². The molecular formula is C19H24I3N3O7. The summed E-state index contributed by atoms with van der Waals surface area (Å²) in [5.74, 6) is -1.53. The molecule has 32 heavy (non-hydrogen) atoms. The van der Waals surface area contributed by atoms with Gasteiger partial charge in [0.2, 0.25) is 5.91 Å². The van der Waals surface area contributed by atoms with E-state index >= 15 is 0 Å². The topological polar surface area (TPSA) is 168 Å². The summed E-state index contributed by atoms with van der Waals surface area (Å²) >= 11 is 5.65. The summed E-state index contributed by atoms with van der Waals surface area (Å²) in [7, 11) is 0. The first-order valence-corrected chi connectivity index (χ1v) is 12.6. The second-order valence-electron chi connectivity index (χ2n) is 6.54. The fraction of sp³-hybridized carbons (Fsp3) is 0.421. The highest BCUT2D eigenvalue weighted by Gasteiger charge is 2.28. The van der Waals surface area contributed by atoms with Gasteiger partial charge < -0.3 is 36.4 Å². The number of nitrogens with one attached hydrogen (secondary N) is 3. The number of anilines is 1. The highest BCUT2D eigenvalue weighted by atomic mass is 127. The zero-order chi connectivity index (χ0) is 24.4. The summed E-state index contributed by atoms with van der Waals surface area (Å²) in [6.45, 7) is 2.09. The van der Waals surface area contributed by atoms with Gasteiger partial charge in [0.25, 0.3) is 11.8 Å². The largest absolute Gasteiger partial charge is 0.394 e. The third-order valence-electron chi connectivity index (χ3n) is 4.03. The molecule has 1 aromatic carbocycles. The molecule has 0 bridgehead atoms. The second-order valence-corrected chi connectivity index (χ2v) is 9.77. The Balaban J connectivity index is 3.47. The minimum absolute atomic E-state index is 0.114. The molecule has 2 atom stereocenters. The molecule has 0 heterocycles. The van der Waals surface area contributed by atoms with Crippen molar-refractivity contribution < 1.29 is 34.8 Å². The molecule has 13 heteroatoms. The van der Waals surface area contributed by atoms with Crippen LogP contribution in [-0.4, -0.2) is 76.7 Å². The van der Waals surface area contributed by atoms with Gasteiger partial charge in [-0.2, -0.15) is 0 Å². The van der Waals surface area contributed by atoms with Gasteiger partial charge >= 0.3 is 0 Å². The lowest BCUT2D eigenvalue weighted by atomic mass is 10.1. The highest BCUT2D eigenvalue weighted by Crippen LogP contribution is 2.36. The van der Waals surface area contributed by atoms with Crippen molar-refractivity contribution in [1.29, 1.82) is 0 Å². The summed E-state index contributed by atoms with van der Waals surface area (Å²) in [6, 6.07) is 0. The standard InChI is InChI=1S/C19H24I3N3O7/c1-2-3-4-11(30)25-17-15(21)12(18(31)23-5-9(28)7-26)14(20)13(16(17)22)19(32)24-6-10(29)8-27/h2,9-10,26-29H,1,3-8H2,(H,23,31)(H,24,32)(H,25,30). The van der Waals surface area contributed by atoms with E-state index in [1.54, 1.807) is 6.08 Å². The van der Waals surface area contributed by atoms with Crippen LogP contribution in [0.1, 0.15) is 33.6 Å². The van der Waals surface area contributed by atoms with E-state index in [1.807, 2.05) is 67.8 Å². The average molecular weight is 787 g/mol. The Morgan fingerprint density at radius 2 is 1.31 bits per heavy atom. The van der Waals surface area contributed by atoms with Crippen LogP contribution in [0.15, 0.2) is 12.7 Å². The summed E-state index contributed by atoms with van der Waals surface area (Å²) in [6.07, 6.45) is -0.101. The first-order chi connectivity index (χ1) is 15.1. The van der Waals surface area contributed by atoms with Crippen LogP contribution < -0.4 is 16.0 Å². The van der Waals surface area contributed by atoms with Gasteiger partial charge in [0.05, 0.1) is 49.4 Å². The molecule has 0 spiro atoms. The van der Waals surface area contributed by atoms with Gasteiger partial charge in [-0.25, -0.2) is 0 Å². The van der Waals surface area contributed by atoms with E-state index in [2.05, 4.69) is 22.5 Å². The van der Waals surface area contributed by atoms with Crippen molar-refractivity contribution in [3.05, 3.63) is 34.5 Å². The van der Waals surface area contributed by atoms with Gasteiger partial charge in [0, 0.05) is 23.1 Å². The van der Waals surface area contributed by atoms with Crippen LogP contribution in [0.5, 0.6) is 0 Å². The summed E-state index contributed by atoms with van der Waals surface area (Å²) in [5.41, 5.74) is 0.508. The van der Waals surface area contributed by atoms with Gasteiger partial charge in [-0.1, -0.05) is 6.08 Å². The van der Waals surface area contributed by atoms with Crippen molar-refractivity contribution in [3.8, 4) is 0 Å². The zero-order valence-electron chi connectivity index (χ0n) is 16.8. The predicted molar refractivity (Wildman–Crippen MR) is 144 cm³/mol. The third kappa shape index (κ3) is 8.32. The van der Waals surface area contributed by atoms with Crippen LogP contribution in [0, 0.1) is 10.7 Å². The molecule has 2 unspecified atom stereocenters. The van der Waals surface area contributed by atoms with Gasteiger partial charge in [-0.3, -0.25) is 14.4 Å². The Morgan fingerprint density at radius 1 is 0.875 bits per heavy atom. The summed E-state index contributed by atoms with van der Waals surface area (Å²) in [4.78, 5) is 38.1. The number of aliphatic hydroxyl groups excluding tert-OH is 4. The minimum Gasteiger partial charge on any atom is -0.394 e. The van der Waals surface area contributed by atoms with E-state index in [9.17, 15) is 24.6 Å². The molecule has 1 aromatic rings. The Morgan fingerprint density at radius 3 is 1.69 bits per heavy atom. The number of carbonyl (C=O) groups is 3. The highest BCUT2D eigenvalue weighted by molar-refractivity contribution is 14.1. The number of carbonyl (C=O) groups excluding carboxylic acids is 3. The lowest BCUT2D eigenvalue weighted by Crippen LogP contribution is -2.37. The maximum absolute atomic E-state index is 12.9. The third-order valence-corrected chi connectivity index (χ3v) is 7.27. The van der Waals surface area contributed by atoms with Crippen molar-refractivity contribution in [2.45, 2.75) is 25.0 Å². The van der Waals surface area contributed by atoms with Crippen LogP contribution in [0.3, 0.4) is 0 Å². The predicted octanol–water partition coefficient (Wildman–Crippen LogP) is 0.571. The Bertz CT molecular complexity index is 814. The lowest BCUT2D eigenvalue weighted by Gasteiger charge is -2.20. The number of benzene rings is 1. The fourth-order valence-corrected chi connectivity index (χ4v) is 6.75. The molecule has 178 valence electrons. The lowest BCUT2D eigenvalue weighted by molar-refractivity contribution is -0.116. The molecule has 0 aliphatic rings. The number of rotatable bonds is 12. The van der Waals surface area contributed by atoms with Gasteiger partial charge in [0.15, 0.2) is 0 Å². The Kier molecular flexibility index (Phi) is 13.4.